The van der Waals surface area contributed by atoms with Gasteiger partial charge in [0.1, 0.15) is 17.3 Å². The van der Waals surface area contributed by atoms with E-state index in [0.29, 0.717) is 30.3 Å². The van der Waals surface area contributed by atoms with Crippen LogP contribution in [-0.4, -0.2) is 74.4 Å². The first-order valence-electron chi connectivity index (χ1n) is 10.8. The van der Waals surface area contributed by atoms with Gasteiger partial charge in [0.15, 0.2) is 0 Å². The highest BCUT2D eigenvalue weighted by molar-refractivity contribution is 5.90. The second-order valence-corrected chi connectivity index (χ2v) is 7.77. The quantitative estimate of drug-likeness (QED) is 0.787. The monoisotopic (exact) mass is 426 g/mol. The molecule has 2 aliphatic heterocycles. The van der Waals surface area contributed by atoms with Gasteiger partial charge in [0.05, 0.1) is 14.2 Å². The van der Waals surface area contributed by atoms with E-state index < -0.39 is 0 Å². The predicted octanol–water partition coefficient (Wildman–Crippen LogP) is 2.84. The summed E-state index contributed by atoms with van der Waals surface area (Å²) in [6.45, 7) is 4.74. The standard InChI is InChI=1S/C22H30N6O3/c1-30-18-14-17(15-19(16-18)31-2)24-22(29)28-12-10-26(11-13-28)20-6-7-23-21(25-20)27-8-4-3-5-9-27/h6-7,14-16H,3-5,8-13H2,1-2H3,(H,24,29). The molecule has 0 unspecified atom stereocenters. The smallest absolute Gasteiger partial charge is 0.321 e. The SMILES string of the molecule is COc1cc(NC(=O)N2CCN(c3ccnc(N4CCCCC4)n3)CC2)cc(OC)c1. The number of rotatable bonds is 5. The number of nitrogens with one attached hydrogen (secondary N) is 1. The molecule has 0 radical (unpaired) electrons. The molecule has 0 bridgehead atoms. The number of piperazine rings is 1. The number of methoxy groups -OCH3 is 2. The minimum Gasteiger partial charge on any atom is -0.497 e. The van der Waals surface area contributed by atoms with Crippen molar-refractivity contribution in [3.63, 3.8) is 0 Å². The number of anilines is 3. The van der Waals surface area contributed by atoms with E-state index in [0.717, 1.165) is 37.9 Å². The van der Waals surface area contributed by atoms with Crippen molar-refractivity contribution in [3.8, 4) is 11.5 Å². The Morgan fingerprint density at radius 2 is 1.58 bits per heavy atom. The Morgan fingerprint density at radius 1 is 0.903 bits per heavy atom. The average Bonchev–Trinajstić information content (AvgIpc) is 2.84. The average molecular weight is 427 g/mol. The van der Waals surface area contributed by atoms with Crippen molar-refractivity contribution >= 4 is 23.5 Å². The maximum absolute atomic E-state index is 12.8. The van der Waals surface area contributed by atoms with Gasteiger partial charge < -0.3 is 29.5 Å². The lowest BCUT2D eigenvalue weighted by Crippen LogP contribution is -2.50. The molecule has 0 saturated carbocycles. The van der Waals surface area contributed by atoms with Crippen molar-refractivity contribution in [2.45, 2.75) is 19.3 Å². The van der Waals surface area contributed by atoms with Crippen molar-refractivity contribution < 1.29 is 14.3 Å². The number of urea groups is 1. The van der Waals surface area contributed by atoms with Crippen LogP contribution in [0.15, 0.2) is 30.5 Å². The fourth-order valence-corrected chi connectivity index (χ4v) is 3.98. The van der Waals surface area contributed by atoms with Gasteiger partial charge in [-0.15, -0.1) is 0 Å². The van der Waals surface area contributed by atoms with Gasteiger partial charge in [0.2, 0.25) is 5.95 Å². The van der Waals surface area contributed by atoms with E-state index in [-0.39, 0.29) is 6.03 Å². The zero-order valence-electron chi connectivity index (χ0n) is 18.2. The first-order valence-corrected chi connectivity index (χ1v) is 10.8. The highest BCUT2D eigenvalue weighted by Crippen LogP contribution is 2.26. The minimum atomic E-state index is -0.133. The molecular weight excluding hydrogens is 396 g/mol. The van der Waals surface area contributed by atoms with Crippen molar-refractivity contribution in [1.29, 1.82) is 0 Å². The van der Waals surface area contributed by atoms with Crippen LogP contribution in [0.5, 0.6) is 11.5 Å². The predicted molar refractivity (Wildman–Crippen MR) is 120 cm³/mol. The summed E-state index contributed by atoms with van der Waals surface area (Å²) in [5, 5.41) is 2.94. The summed E-state index contributed by atoms with van der Waals surface area (Å²) in [4.78, 5) is 28.3. The Hall–Kier alpha value is -3.23. The molecule has 2 aromatic rings. The molecule has 9 heteroatoms. The van der Waals surface area contributed by atoms with Gasteiger partial charge in [-0.25, -0.2) is 9.78 Å². The highest BCUT2D eigenvalue weighted by Gasteiger charge is 2.23. The van der Waals surface area contributed by atoms with Gasteiger partial charge in [-0.1, -0.05) is 0 Å². The summed E-state index contributed by atoms with van der Waals surface area (Å²) in [7, 11) is 3.17. The number of carbonyl (C=O) groups excluding carboxylic acids is 1. The maximum atomic E-state index is 12.8. The molecule has 2 saturated heterocycles. The number of nitrogens with zero attached hydrogens (tertiary/aromatic N) is 5. The number of benzene rings is 1. The van der Waals surface area contributed by atoms with Crippen molar-refractivity contribution in [1.82, 2.24) is 14.9 Å². The molecule has 0 atom stereocenters. The molecule has 1 N–H and O–H groups in total. The van der Waals surface area contributed by atoms with E-state index in [9.17, 15) is 4.79 Å². The van der Waals surface area contributed by atoms with Crippen LogP contribution in [0.1, 0.15) is 19.3 Å². The van der Waals surface area contributed by atoms with E-state index in [4.69, 9.17) is 14.5 Å². The third-order valence-corrected chi connectivity index (χ3v) is 5.76. The Labute approximate surface area is 183 Å². The van der Waals surface area contributed by atoms with Crippen LogP contribution >= 0.6 is 0 Å². The van der Waals surface area contributed by atoms with Gasteiger partial charge in [0, 0.05) is 69.4 Å². The van der Waals surface area contributed by atoms with Crippen LogP contribution in [0.3, 0.4) is 0 Å². The lowest BCUT2D eigenvalue weighted by Gasteiger charge is -2.36. The Morgan fingerprint density at radius 3 is 2.23 bits per heavy atom. The number of hydrogen-bond acceptors (Lipinski definition) is 7. The molecule has 9 nitrogen and oxygen atoms in total. The van der Waals surface area contributed by atoms with Crippen LogP contribution in [-0.2, 0) is 0 Å². The van der Waals surface area contributed by atoms with Gasteiger partial charge >= 0.3 is 6.03 Å². The third-order valence-electron chi connectivity index (χ3n) is 5.76. The van der Waals surface area contributed by atoms with Crippen LogP contribution < -0.4 is 24.6 Å². The molecule has 2 fully saturated rings. The number of piperidine rings is 1. The van der Waals surface area contributed by atoms with E-state index in [1.54, 1.807) is 32.4 Å². The summed E-state index contributed by atoms with van der Waals surface area (Å²) in [5.41, 5.74) is 0.644. The second kappa shape index (κ2) is 9.72. The molecule has 31 heavy (non-hydrogen) atoms. The molecule has 3 heterocycles. The van der Waals surface area contributed by atoms with Gasteiger partial charge in [-0.05, 0) is 25.3 Å². The lowest BCUT2D eigenvalue weighted by atomic mass is 10.1. The van der Waals surface area contributed by atoms with E-state index in [1.807, 2.05) is 17.2 Å². The summed E-state index contributed by atoms with van der Waals surface area (Å²) in [6, 6.07) is 7.14. The van der Waals surface area contributed by atoms with Crippen LogP contribution in [0, 0.1) is 0 Å². The summed E-state index contributed by atoms with van der Waals surface area (Å²) in [5.74, 6) is 3.00. The number of carbonyl (C=O) groups is 1. The molecule has 0 aliphatic carbocycles. The zero-order chi connectivity index (χ0) is 21.6. The molecule has 0 spiro atoms. The van der Waals surface area contributed by atoms with Crippen LogP contribution in [0.2, 0.25) is 0 Å². The van der Waals surface area contributed by atoms with Crippen molar-refractivity contribution in [2.75, 3.05) is 68.6 Å². The first kappa shape index (κ1) is 21.0. The molecule has 4 rings (SSSR count). The zero-order valence-corrected chi connectivity index (χ0v) is 18.2. The van der Waals surface area contributed by atoms with E-state index in [1.165, 1.54) is 19.3 Å². The van der Waals surface area contributed by atoms with Crippen molar-refractivity contribution in [3.05, 3.63) is 30.5 Å². The van der Waals surface area contributed by atoms with Gasteiger partial charge in [-0.3, -0.25) is 0 Å². The summed E-state index contributed by atoms with van der Waals surface area (Å²) in [6.07, 6.45) is 5.51. The van der Waals surface area contributed by atoms with Gasteiger partial charge in [-0.2, -0.15) is 4.98 Å². The fourth-order valence-electron chi connectivity index (χ4n) is 3.98. The van der Waals surface area contributed by atoms with Gasteiger partial charge in [0.25, 0.3) is 0 Å². The minimum absolute atomic E-state index is 0.133. The maximum Gasteiger partial charge on any atom is 0.321 e. The Kier molecular flexibility index (Phi) is 6.59. The summed E-state index contributed by atoms with van der Waals surface area (Å²) < 4.78 is 10.5. The molecule has 166 valence electrons. The number of hydrogen-bond donors (Lipinski definition) is 1. The molecule has 1 aromatic heterocycles. The number of ether oxygens (including phenoxy) is 2. The lowest BCUT2D eigenvalue weighted by molar-refractivity contribution is 0.208. The van der Waals surface area contributed by atoms with E-state index in [2.05, 4.69) is 20.1 Å². The third kappa shape index (κ3) is 5.10. The van der Waals surface area contributed by atoms with E-state index >= 15 is 0 Å². The molecule has 1 aromatic carbocycles. The highest BCUT2D eigenvalue weighted by atomic mass is 16.5. The Bertz CT molecular complexity index is 872. The Balaban J connectivity index is 1.35. The normalized spacial score (nSPS) is 16.8. The molecule has 2 amide bonds. The topological polar surface area (TPSA) is 83.1 Å². The largest absolute Gasteiger partial charge is 0.497 e. The number of aromatic nitrogens is 2. The fraction of sp³-hybridized carbons (Fsp3) is 0.500. The van der Waals surface area contributed by atoms with Crippen LogP contribution in [0.4, 0.5) is 22.2 Å². The second-order valence-electron chi connectivity index (χ2n) is 7.77. The first-order chi connectivity index (χ1) is 15.2. The van der Waals surface area contributed by atoms with Crippen molar-refractivity contribution in [2.24, 2.45) is 0 Å². The molecular formula is C22H30N6O3. The number of amides is 2. The van der Waals surface area contributed by atoms with Crippen LogP contribution in [0.25, 0.3) is 0 Å². The summed E-state index contributed by atoms with van der Waals surface area (Å²) >= 11 is 0. The molecule has 2 aliphatic rings.